The zero-order chi connectivity index (χ0) is 20.9. The fourth-order valence-electron chi connectivity index (χ4n) is 4.37. The number of rotatable bonds is 6. The Labute approximate surface area is 179 Å². The first-order valence-electron chi connectivity index (χ1n) is 11.1. The molecule has 2 aromatic rings. The van der Waals surface area contributed by atoms with Gasteiger partial charge in [0.05, 0.1) is 0 Å². The lowest BCUT2D eigenvalue weighted by molar-refractivity contribution is -0.128. The zero-order valence-corrected chi connectivity index (χ0v) is 17.8. The molecule has 0 spiro atoms. The van der Waals surface area contributed by atoms with E-state index in [0.29, 0.717) is 25.1 Å². The normalized spacial score (nSPS) is 16.8. The first-order chi connectivity index (χ1) is 14.6. The maximum absolute atomic E-state index is 12.8. The number of benzene rings is 2. The summed E-state index contributed by atoms with van der Waals surface area (Å²) < 4.78 is 0. The summed E-state index contributed by atoms with van der Waals surface area (Å²) in [6.07, 6.45) is 5.47. The maximum Gasteiger partial charge on any atom is 0.253 e. The molecule has 30 heavy (non-hydrogen) atoms. The quantitative estimate of drug-likeness (QED) is 0.728. The fraction of sp³-hybridized carbons (Fsp3) is 0.440. The molecule has 2 saturated heterocycles. The second kappa shape index (κ2) is 9.33. The zero-order valence-electron chi connectivity index (χ0n) is 17.8. The number of likely N-dealkylation sites (tertiary alicyclic amines) is 1. The van der Waals surface area contributed by atoms with E-state index in [9.17, 15) is 9.59 Å². The molecule has 2 aromatic carbocycles. The number of piperidine rings is 1. The van der Waals surface area contributed by atoms with Crippen LogP contribution in [0.25, 0.3) is 0 Å². The Morgan fingerprint density at radius 3 is 2.17 bits per heavy atom. The molecule has 5 heteroatoms. The highest BCUT2D eigenvalue weighted by atomic mass is 16.2. The first kappa shape index (κ1) is 20.5. The van der Waals surface area contributed by atoms with Crippen molar-refractivity contribution < 1.29 is 9.59 Å². The Balaban J connectivity index is 1.33. The van der Waals surface area contributed by atoms with Crippen LogP contribution in [-0.2, 0) is 17.9 Å². The highest BCUT2D eigenvalue weighted by Gasteiger charge is 2.20. The van der Waals surface area contributed by atoms with Gasteiger partial charge in [0.25, 0.3) is 5.91 Å². The van der Waals surface area contributed by atoms with Crippen LogP contribution in [0.5, 0.6) is 0 Å². The van der Waals surface area contributed by atoms with Crippen LogP contribution < -0.4 is 4.90 Å². The standard InChI is InChI=1S/C25H31N3O2/c1-26(18-20-9-13-23(14-10-20)27-15-3-2-4-16-27)25(30)22-11-7-21(8-12-22)19-28-17-5-6-24(28)29/h7-14H,2-6,15-19H2,1H3. The van der Waals surface area contributed by atoms with Crippen LogP contribution in [-0.4, -0.2) is 48.3 Å². The SMILES string of the molecule is CN(Cc1ccc(N2CCCCC2)cc1)C(=O)c1ccc(CN2CCCC2=O)cc1. The van der Waals surface area contributed by atoms with E-state index >= 15 is 0 Å². The number of hydrogen-bond donors (Lipinski definition) is 0. The Hall–Kier alpha value is -2.82. The molecule has 2 aliphatic rings. The van der Waals surface area contributed by atoms with E-state index in [1.54, 1.807) is 4.90 Å². The van der Waals surface area contributed by atoms with Gasteiger partial charge in [0.2, 0.25) is 5.91 Å². The summed E-state index contributed by atoms with van der Waals surface area (Å²) in [6.45, 7) is 4.33. The number of carbonyl (C=O) groups excluding carboxylic acids is 2. The molecule has 158 valence electrons. The minimum Gasteiger partial charge on any atom is -0.372 e. The first-order valence-corrected chi connectivity index (χ1v) is 11.1. The Morgan fingerprint density at radius 1 is 0.867 bits per heavy atom. The van der Waals surface area contributed by atoms with Crippen LogP contribution in [0.15, 0.2) is 48.5 Å². The van der Waals surface area contributed by atoms with E-state index in [4.69, 9.17) is 0 Å². The molecule has 2 aliphatic heterocycles. The van der Waals surface area contributed by atoms with E-state index in [-0.39, 0.29) is 11.8 Å². The summed E-state index contributed by atoms with van der Waals surface area (Å²) in [5, 5.41) is 0. The molecule has 2 fully saturated rings. The third-order valence-electron chi connectivity index (χ3n) is 6.17. The summed E-state index contributed by atoms with van der Waals surface area (Å²) in [5.41, 5.74) is 4.16. The molecule has 2 heterocycles. The van der Waals surface area contributed by atoms with Gasteiger partial charge in [-0.05, 0) is 61.1 Å². The Morgan fingerprint density at radius 2 is 1.53 bits per heavy atom. The molecule has 0 unspecified atom stereocenters. The van der Waals surface area contributed by atoms with Gasteiger partial charge in [0.15, 0.2) is 0 Å². The topological polar surface area (TPSA) is 43.9 Å². The molecule has 0 radical (unpaired) electrons. The summed E-state index contributed by atoms with van der Waals surface area (Å²) in [5.74, 6) is 0.236. The van der Waals surface area contributed by atoms with Gasteiger partial charge in [0, 0.05) is 57.4 Å². The summed E-state index contributed by atoms with van der Waals surface area (Å²) in [7, 11) is 1.84. The molecule has 0 saturated carbocycles. The average Bonchev–Trinajstić information content (AvgIpc) is 3.19. The van der Waals surface area contributed by atoms with Crippen molar-refractivity contribution in [3.63, 3.8) is 0 Å². The smallest absolute Gasteiger partial charge is 0.253 e. The van der Waals surface area contributed by atoms with E-state index in [0.717, 1.165) is 37.2 Å². The van der Waals surface area contributed by atoms with Crippen molar-refractivity contribution in [1.82, 2.24) is 9.80 Å². The number of anilines is 1. The van der Waals surface area contributed by atoms with Crippen LogP contribution in [0.2, 0.25) is 0 Å². The predicted molar refractivity (Wildman–Crippen MR) is 119 cm³/mol. The van der Waals surface area contributed by atoms with Crippen LogP contribution in [0, 0.1) is 0 Å². The lowest BCUT2D eigenvalue weighted by Gasteiger charge is -2.29. The number of amides is 2. The van der Waals surface area contributed by atoms with Gasteiger partial charge in [-0.3, -0.25) is 9.59 Å². The second-order valence-corrected chi connectivity index (χ2v) is 8.49. The van der Waals surface area contributed by atoms with Gasteiger partial charge in [0.1, 0.15) is 0 Å². The van der Waals surface area contributed by atoms with E-state index in [1.165, 1.54) is 24.9 Å². The van der Waals surface area contributed by atoms with Crippen molar-refractivity contribution >= 4 is 17.5 Å². The Kier molecular flexibility index (Phi) is 6.36. The van der Waals surface area contributed by atoms with Crippen LogP contribution >= 0.6 is 0 Å². The van der Waals surface area contributed by atoms with E-state index in [1.807, 2.05) is 36.2 Å². The molecule has 4 rings (SSSR count). The van der Waals surface area contributed by atoms with Crippen molar-refractivity contribution in [2.45, 2.75) is 45.2 Å². The molecular formula is C25H31N3O2. The lowest BCUT2D eigenvalue weighted by atomic mass is 10.1. The van der Waals surface area contributed by atoms with Gasteiger partial charge in [-0.1, -0.05) is 24.3 Å². The largest absolute Gasteiger partial charge is 0.372 e. The van der Waals surface area contributed by atoms with Crippen molar-refractivity contribution in [2.75, 3.05) is 31.6 Å². The highest BCUT2D eigenvalue weighted by molar-refractivity contribution is 5.94. The van der Waals surface area contributed by atoms with Gasteiger partial charge < -0.3 is 14.7 Å². The van der Waals surface area contributed by atoms with E-state index in [2.05, 4.69) is 29.2 Å². The van der Waals surface area contributed by atoms with Crippen molar-refractivity contribution in [2.24, 2.45) is 0 Å². The lowest BCUT2D eigenvalue weighted by Crippen LogP contribution is -2.29. The summed E-state index contributed by atoms with van der Waals surface area (Å²) in [4.78, 5) is 30.7. The van der Waals surface area contributed by atoms with Crippen molar-refractivity contribution in [3.05, 3.63) is 65.2 Å². The number of hydrogen-bond acceptors (Lipinski definition) is 3. The molecule has 0 aromatic heterocycles. The molecule has 0 N–H and O–H groups in total. The molecule has 5 nitrogen and oxygen atoms in total. The summed E-state index contributed by atoms with van der Waals surface area (Å²) in [6, 6.07) is 16.3. The molecule has 2 amide bonds. The predicted octanol–water partition coefficient (Wildman–Crippen LogP) is 4.07. The maximum atomic E-state index is 12.8. The van der Waals surface area contributed by atoms with Crippen LogP contribution in [0.4, 0.5) is 5.69 Å². The fourth-order valence-corrected chi connectivity index (χ4v) is 4.37. The number of carbonyl (C=O) groups is 2. The molecule has 0 bridgehead atoms. The highest BCUT2D eigenvalue weighted by Crippen LogP contribution is 2.21. The van der Waals surface area contributed by atoms with Gasteiger partial charge in [-0.2, -0.15) is 0 Å². The average molecular weight is 406 g/mol. The Bertz CT molecular complexity index is 870. The van der Waals surface area contributed by atoms with Gasteiger partial charge >= 0.3 is 0 Å². The minimum atomic E-state index is 0.0129. The summed E-state index contributed by atoms with van der Waals surface area (Å²) >= 11 is 0. The monoisotopic (exact) mass is 405 g/mol. The van der Waals surface area contributed by atoms with Crippen LogP contribution in [0.3, 0.4) is 0 Å². The minimum absolute atomic E-state index is 0.0129. The van der Waals surface area contributed by atoms with Gasteiger partial charge in [-0.25, -0.2) is 0 Å². The van der Waals surface area contributed by atoms with Crippen LogP contribution in [0.1, 0.15) is 53.6 Å². The molecular weight excluding hydrogens is 374 g/mol. The van der Waals surface area contributed by atoms with Crippen molar-refractivity contribution in [1.29, 1.82) is 0 Å². The third kappa shape index (κ3) is 4.84. The second-order valence-electron chi connectivity index (χ2n) is 8.49. The van der Waals surface area contributed by atoms with Gasteiger partial charge in [-0.15, -0.1) is 0 Å². The van der Waals surface area contributed by atoms with E-state index < -0.39 is 0 Å². The van der Waals surface area contributed by atoms with Crippen molar-refractivity contribution in [3.8, 4) is 0 Å². The molecule has 0 aliphatic carbocycles. The third-order valence-corrected chi connectivity index (χ3v) is 6.17. The molecule has 0 atom stereocenters. The number of nitrogens with zero attached hydrogens (tertiary/aromatic N) is 3.